The highest BCUT2D eigenvalue weighted by Gasteiger charge is 2.44. The highest BCUT2D eigenvalue weighted by atomic mass is 28.4. The van der Waals surface area contributed by atoms with Crippen molar-refractivity contribution in [3.8, 4) is 0 Å². The van der Waals surface area contributed by atoms with Gasteiger partial charge in [-0.15, -0.1) is 0 Å². The van der Waals surface area contributed by atoms with Crippen molar-refractivity contribution >= 4 is 17.9 Å². The zero-order chi connectivity index (χ0) is 19.6. The Morgan fingerprint density at radius 3 is 0.778 bits per heavy atom. The summed E-state index contributed by atoms with van der Waals surface area (Å²) < 4.78 is 38.4. The molecule has 0 aliphatic carbocycles. The van der Waals surface area contributed by atoms with Crippen LogP contribution in [-0.2, 0) is 31.0 Å². The summed E-state index contributed by atoms with van der Waals surface area (Å²) in [6, 6.07) is 0.850. The molecule has 0 radical (unpaired) electrons. The molecule has 9 heteroatoms. The Labute approximate surface area is 171 Å². The average molecular weight is 433 g/mol. The van der Waals surface area contributed by atoms with Crippen molar-refractivity contribution in [3.63, 3.8) is 0 Å². The quantitative estimate of drug-likeness (QED) is 0.341. The van der Waals surface area contributed by atoms with Crippen LogP contribution in [0.25, 0.3) is 0 Å². The van der Waals surface area contributed by atoms with Crippen LogP contribution in [0.1, 0.15) is 70.2 Å². The molecule has 0 spiro atoms. The van der Waals surface area contributed by atoms with Crippen LogP contribution in [0, 0.1) is 0 Å². The van der Waals surface area contributed by atoms with Crippen molar-refractivity contribution < 1.29 is 31.0 Å². The van der Waals surface area contributed by atoms with Crippen molar-refractivity contribution in [1.29, 1.82) is 0 Å². The van der Waals surface area contributed by atoms with E-state index >= 15 is 0 Å². The Hall–Kier alpha value is 0.154. The summed E-state index contributed by atoms with van der Waals surface area (Å²) in [7, 11) is -5.07. The topological polar surface area (TPSA) is 64.6 Å². The maximum atomic E-state index is 5.55. The molecule has 0 atom stereocenters. The monoisotopic (exact) mass is 432 g/mol. The lowest BCUT2D eigenvalue weighted by Crippen LogP contribution is -2.49. The largest absolute Gasteiger partial charge is 0.679 e. The van der Waals surface area contributed by atoms with Crippen molar-refractivity contribution in [2.24, 2.45) is 0 Å². The molecule has 0 heterocycles. The van der Waals surface area contributed by atoms with Crippen LogP contribution in [0.15, 0.2) is 0 Å². The standard InChI is InChI=1S/C8H20O4Si.C8H20O3Si.2CH4/c1-5-9-13(10-6-2,11-7-3)12-8-4;1-5-9-12(8-4,10-6-2)11-7-3;;/h5-8H2,1-4H3;5-8H2,1-4H3;2*1H4. The molecule has 170 valence electrons. The van der Waals surface area contributed by atoms with Crippen LogP contribution in [0.3, 0.4) is 0 Å². The molecular formula is C18H48O7Si2. The Morgan fingerprint density at radius 1 is 0.407 bits per heavy atom. The molecule has 0 amide bonds. The second-order valence-corrected chi connectivity index (χ2v) is 9.66. The Bertz CT molecular complexity index is 238. The fourth-order valence-electron chi connectivity index (χ4n) is 2.05. The van der Waals surface area contributed by atoms with Gasteiger partial charge in [0, 0.05) is 52.3 Å². The van der Waals surface area contributed by atoms with Gasteiger partial charge < -0.3 is 31.0 Å². The zero-order valence-electron chi connectivity index (χ0n) is 17.5. The van der Waals surface area contributed by atoms with Gasteiger partial charge in [0.2, 0.25) is 0 Å². The molecule has 0 aliphatic heterocycles. The van der Waals surface area contributed by atoms with Gasteiger partial charge >= 0.3 is 17.9 Å². The lowest BCUT2D eigenvalue weighted by Gasteiger charge is -2.26. The molecule has 0 fully saturated rings. The third kappa shape index (κ3) is 15.7. The van der Waals surface area contributed by atoms with Crippen LogP contribution in [0.4, 0.5) is 0 Å². The second-order valence-electron chi connectivity index (χ2n) is 4.57. The summed E-state index contributed by atoms with van der Waals surface area (Å²) in [6.45, 7) is 19.7. The molecule has 0 saturated heterocycles. The van der Waals surface area contributed by atoms with E-state index in [1.165, 1.54) is 0 Å². The molecule has 0 aromatic rings. The van der Waals surface area contributed by atoms with Gasteiger partial charge in [-0.05, 0) is 48.5 Å². The number of rotatable bonds is 15. The van der Waals surface area contributed by atoms with E-state index in [9.17, 15) is 0 Å². The van der Waals surface area contributed by atoms with Gasteiger partial charge in [-0.1, -0.05) is 21.8 Å². The zero-order valence-corrected chi connectivity index (χ0v) is 19.5. The Morgan fingerprint density at radius 2 is 0.630 bits per heavy atom. The maximum absolute atomic E-state index is 5.55. The first kappa shape index (κ1) is 34.6. The van der Waals surface area contributed by atoms with Gasteiger partial charge in [0.1, 0.15) is 0 Å². The molecule has 0 rings (SSSR count). The van der Waals surface area contributed by atoms with E-state index in [4.69, 9.17) is 31.0 Å². The fraction of sp³-hybridized carbons (Fsp3) is 1.00. The smallest absolute Gasteiger partial charge is 0.374 e. The molecule has 0 N–H and O–H groups in total. The number of hydrogen-bond donors (Lipinski definition) is 0. The SMILES string of the molecule is C.C.CCO[Si](CC)(OCC)OCC.CCO[Si](OCC)(OCC)OCC. The maximum Gasteiger partial charge on any atom is 0.679 e. The molecule has 7 nitrogen and oxygen atoms in total. The molecule has 0 aromatic heterocycles. The fourth-order valence-corrected chi connectivity index (χ4v) is 6.14. The van der Waals surface area contributed by atoms with E-state index in [1.54, 1.807) is 0 Å². The van der Waals surface area contributed by atoms with E-state index in [0.29, 0.717) is 46.2 Å². The number of hydrogen-bond acceptors (Lipinski definition) is 7. The first-order chi connectivity index (χ1) is 12.0. The highest BCUT2D eigenvalue weighted by Crippen LogP contribution is 2.14. The lowest BCUT2D eigenvalue weighted by molar-refractivity contribution is -0.0247. The predicted octanol–water partition coefficient (Wildman–Crippen LogP) is 4.89. The van der Waals surface area contributed by atoms with Crippen LogP contribution in [-0.4, -0.2) is 64.1 Å². The van der Waals surface area contributed by atoms with Gasteiger partial charge in [0.25, 0.3) is 0 Å². The van der Waals surface area contributed by atoms with E-state index < -0.39 is 17.9 Å². The molecule has 0 unspecified atom stereocenters. The summed E-state index contributed by atoms with van der Waals surface area (Å²) in [4.78, 5) is 0. The molecular weight excluding hydrogens is 384 g/mol. The third-order valence-electron chi connectivity index (χ3n) is 2.81. The third-order valence-corrected chi connectivity index (χ3v) is 8.43. The normalized spacial score (nSPS) is 11.1. The van der Waals surface area contributed by atoms with Crippen LogP contribution in [0.5, 0.6) is 0 Å². The minimum absolute atomic E-state index is 0. The van der Waals surface area contributed by atoms with Crippen molar-refractivity contribution in [3.05, 3.63) is 0 Å². The van der Waals surface area contributed by atoms with Crippen molar-refractivity contribution in [2.45, 2.75) is 76.3 Å². The average Bonchev–Trinajstić information content (AvgIpc) is 2.57. The lowest BCUT2D eigenvalue weighted by atomic mass is 10.9. The molecule has 0 saturated carbocycles. The molecule has 27 heavy (non-hydrogen) atoms. The first-order valence-corrected chi connectivity index (χ1v) is 13.0. The summed E-state index contributed by atoms with van der Waals surface area (Å²) in [6.07, 6.45) is 0. The summed E-state index contributed by atoms with van der Waals surface area (Å²) in [5, 5.41) is 0. The van der Waals surface area contributed by atoms with Gasteiger partial charge in [-0.3, -0.25) is 0 Å². The first-order valence-electron chi connectivity index (χ1n) is 9.46. The van der Waals surface area contributed by atoms with Crippen molar-refractivity contribution in [2.75, 3.05) is 46.2 Å². The van der Waals surface area contributed by atoms with E-state index in [0.717, 1.165) is 6.04 Å². The van der Waals surface area contributed by atoms with E-state index in [-0.39, 0.29) is 14.9 Å². The van der Waals surface area contributed by atoms with Crippen LogP contribution < -0.4 is 0 Å². The highest BCUT2D eigenvalue weighted by molar-refractivity contribution is 6.60. The van der Waals surface area contributed by atoms with Gasteiger partial charge in [0.15, 0.2) is 0 Å². The van der Waals surface area contributed by atoms with Crippen molar-refractivity contribution in [1.82, 2.24) is 0 Å². The minimum atomic E-state index is -2.80. The van der Waals surface area contributed by atoms with E-state index in [2.05, 4.69) is 0 Å². The molecule has 0 aromatic carbocycles. The summed E-state index contributed by atoms with van der Waals surface area (Å²) in [5.74, 6) is 0. The van der Waals surface area contributed by atoms with Gasteiger partial charge in [-0.25, -0.2) is 0 Å². The Balaban J connectivity index is -0.000000183. The van der Waals surface area contributed by atoms with E-state index in [1.807, 2.05) is 55.4 Å². The second kappa shape index (κ2) is 22.4. The van der Waals surface area contributed by atoms with Gasteiger partial charge in [-0.2, -0.15) is 0 Å². The minimum Gasteiger partial charge on any atom is -0.374 e. The predicted molar refractivity (Wildman–Crippen MR) is 117 cm³/mol. The van der Waals surface area contributed by atoms with Crippen LogP contribution >= 0.6 is 0 Å². The Kier molecular flexibility index (Phi) is 28.8. The molecule has 0 aliphatic rings. The van der Waals surface area contributed by atoms with Gasteiger partial charge in [0.05, 0.1) is 0 Å². The summed E-state index contributed by atoms with van der Waals surface area (Å²) >= 11 is 0. The van der Waals surface area contributed by atoms with Crippen LogP contribution in [0.2, 0.25) is 6.04 Å². The molecule has 0 bridgehead atoms. The summed E-state index contributed by atoms with van der Waals surface area (Å²) in [5.41, 5.74) is 0.